The van der Waals surface area contributed by atoms with E-state index in [4.69, 9.17) is 19.2 Å². The van der Waals surface area contributed by atoms with Crippen LogP contribution in [0.15, 0.2) is 36.4 Å². The van der Waals surface area contributed by atoms with Gasteiger partial charge < -0.3 is 19.5 Å². The highest BCUT2D eigenvalue weighted by molar-refractivity contribution is 5.85. The number of nitrogens with one attached hydrogen (secondary N) is 1. The number of nitrogens with zero attached hydrogens (tertiary/aromatic N) is 1. The molecule has 1 amide bonds. The lowest BCUT2D eigenvalue weighted by Crippen LogP contribution is -2.36. The molecule has 0 aliphatic heterocycles. The van der Waals surface area contributed by atoms with E-state index in [-0.39, 0.29) is 18.6 Å². The number of pyridine rings is 1. The Labute approximate surface area is 218 Å². The number of fused-ring (bicyclic) bond motifs is 1. The smallest absolute Gasteiger partial charge is 0.408 e. The number of carbonyl (C=O) groups is 3. The normalized spacial score (nSPS) is 15.8. The maximum absolute atomic E-state index is 12.9. The van der Waals surface area contributed by atoms with Gasteiger partial charge in [0.05, 0.1) is 29.3 Å². The van der Waals surface area contributed by atoms with Crippen molar-refractivity contribution in [2.24, 2.45) is 11.3 Å². The van der Waals surface area contributed by atoms with Gasteiger partial charge in [-0.1, -0.05) is 30.4 Å². The molecule has 1 aliphatic carbocycles. The Bertz CT molecular complexity index is 1180. The van der Waals surface area contributed by atoms with E-state index in [9.17, 15) is 14.4 Å². The molecule has 0 radical (unpaired) electrons. The monoisotopic (exact) mass is 510 g/mol. The third-order valence-electron chi connectivity index (χ3n) is 5.94. The molecule has 1 aromatic heterocycles. The lowest BCUT2D eigenvalue weighted by Gasteiger charge is -2.23. The lowest BCUT2D eigenvalue weighted by atomic mass is 9.92. The number of carbonyl (C=O) groups excluding carboxylic acids is 3. The molecule has 8 nitrogen and oxygen atoms in total. The number of aromatic nitrogens is 1. The number of hydrogen-bond acceptors (Lipinski definition) is 7. The Morgan fingerprint density at radius 2 is 1.78 bits per heavy atom. The largest absolute Gasteiger partial charge is 0.463 e. The molecule has 200 valence electrons. The van der Waals surface area contributed by atoms with E-state index in [1.54, 1.807) is 26.8 Å². The summed E-state index contributed by atoms with van der Waals surface area (Å²) in [6.45, 7) is 12.8. The maximum Gasteiger partial charge on any atom is 0.408 e. The van der Waals surface area contributed by atoms with Crippen molar-refractivity contribution < 1.29 is 28.6 Å². The third-order valence-corrected chi connectivity index (χ3v) is 5.94. The minimum absolute atomic E-state index is 0.0377. The Morgan fingerprint density at radius 3 is 2.41 bits per heavy atom. The van der Waals surface area contributed by atoms with Gasteiger partial charge in [0.2, 0.25) is 6.10 Å². The first-order chi connectivity index (χ1) is 17.3. The van der Waals surface area contributed by atoms with Crippen LogP contribution in [0.4, 0.5) is 4.79 Å². The van der Waals surface area contributed by atoms with Crippen molar-refractivity contribution in [3.05, 3.63) is 47.7 Å². The fourth-order valence-corrected chi connectivity index (χ4v) is 3.65. The second-order valence-electron chi connectivity index (χ2n) is 11.0. The van der Waals surface area contributed by atoms with Crippen LogP contribution in [0.5, 0.6) is 0 Å². The summed E-state index contributed by atoms with van der Waals surface area (Å²) in [6, 6.07) is 9.29. The van der Waals surface area contributed by atoms with E-state index in [2.05, 4.69) is 5.32 Å². The van der Waals surface area contributed by atoms with Gasteiger partial charge in [-0.15, -0.1) is 0 Å². The van der Waals surface area contributed by atoms with Crippen molar-refractivity contribution in [3.63, 3.8) is 0 Å². The number of hydrogen-bond donors (Lipinski definition) is 1. The minimum Gasteiger partial charge on any atom is -0.463 e. The van der Waals surface area contributed by atoms with Gasteiger partial charge in [0.25, 0.3) is 0 Å². The number of amides is 1. The second kappa shape index (κ2) is 11.3. The number of esters is 2. The number of ether oxygens (including phenoxy) is 3. The van der Waals surface area contributed by atoms with Crippen molar-refractivity contribution in [2.75, 3.05) is 6.61 Å². The van der Waals surface area contributed by atoms with Gasteiger partial charge in [-0.05, 0) is 79.0 Å². The van der Waals surface area contributed by atoms with Crippen molar-refractivity contribution >= 4 is 35.0 Å². The predicted molar refractivity (Wildman–Crippen MR) is 142 cm³/mol. The van der Waals surface area contributed by atoms with Crippen LogP contribution < -0.4 is 5.32 Å². The Morgan fingerprint density at radius 1 is 1.11 bits per heavy atom. The summed E-state index contributed by atoms with van der Waals surface area (Å²) >= 11 is 0. The summed E-state index contributed by atoms with van der Waals surface area (Å²) < 4.78 is 16.0. The first-order valence-electron chi connectivity index (χ1n) is 12.8. The molecule has 8 heteroatoms. The quantitative estimate of drug-likeness (QED) is 0.339. The molecule has 1 unspecified atom stereocenters. The van der Waals surface area contributed by atoms with Gasteiger partial charge in [0, 0.05) is 11.3 Å². The van der Waals surface area contributed by atoms with E-state index < -0.39 is 35.2 Å². The zero-order valence-electron chi connectivity index (χ0n) is 22.8. The number of alkyl carbamates (subject to hydrolysis) is 1. The molecule has 0 bridgehead atoms. The van der Waals surface area contributed by atoms with Crippen LogP contribution >= 0.6 is 0 Å². The van der Waals surface area contributed by atoms with Crippen molar-refractivity contribution in [2.45, 2.75) is 79.1 Å². The predicted octanol–water partition coefficient (Wildman–Crippen LogP) is 5.74. The average molecular weight is 511 g/mol. The van der Waals surface area contributed by atoms with Crippen molar-refractivity contribution in [1.82, 2.24) is 10.3 Å². The summed E-state index contributed by atoms with van der Waals surface area (Å²) in [5.41, 5.74) is 0.785. The first kappa shape index (κ1) is 28.2. The summed E-state index contributed by atoms with van der Waals surface area (Å²) in [4.78, 5) is 42.0. The minimum atomic E-state index is -0.949. The molecule has 3 rings (SSSR count). The molecule has 1 heterocycles. The van der Waals surface area contributed by atoms with Gasteiger partial charge in [0.1, 0.15) is 5.60 Å². The molecule has 1 aromatic carbocycles. The van der Waals surface area contributed by atoms with Gasteiger partial charge in [-0.3, -0.25) is 9.78 Å². The molecule has 1 fully saturated rings. The number of benzene rings is 1. The molecule has 1 N–H and O–H groups in total. The van der Waals surface area contributed by atoms with Crippen molar-refractivity contribution in [1.29, 1.82) is 0 Å². The Hall–Kier alpha value is -3.42. The highest BCUT2D eigenvalue weighted by Gasteiger charge is 2.42. The van der Waals surface area contributed by atoms with Gasteiger partial charge in [-0.25, -0.2) is 9.59 Å². The van der Waals surface area contributed by atoms with E-state index in [1.165, 1.54) is 0 Å². The topological polar surface area (TPSA) is 104 Å². The molecule has 2 aromatic rings. The average Bonchev–Trinajstić information content (AvgIpc) is 3.64. The molecule has 0 saturated heterocycles. The van der Waals surface area contributed by atoms with Crippen LogP contribution in [0.2, 0.25) is 0 Å². The number of rotatable bonds is 9. The zero-order valence-corrected chi connectivity index (χ0v) is 22.8. The molecule has 1 saturated carbocycles. The maximum atomic E-state index is 12.9. The van der Waals surface area contributed by atoms with Crippen molar-refractivity contribution in [3.8, 4) is 0 Å². The van der Waals surface area contributed by atoms with E-state index in [0.717, 1.165) is 29.3 Å². The molecule has 37 heavy (non-hydrogen) atoms. The molecular weight excluding hydrogens is 472 g/mol. The van der Waals surface area contributed by atoms with Gasteiger partial charge in [0.15, 0.2) is 0 Å². The molecule has 0 spiro atoms. The molecule has 2 atom stereocenters. The van der Waals surface area contributed by atoms with E-state index in [0.29, 0.717) is 5.69 Å². The van der Waals surface area contributed by atoms with E-state index >= 15 is 0 Å². The zero-order chi connectivity index (χ0) is 27.4. The fraction of sp³-hybridized carbons (Fsp3) is 0.517. The Kier molecular flexibility index (Phi) is 8.61. The summed E-state index contributed by atoms with van der Waals surface area (Å²) in [7, 11) is 0. The summed E-state index contributed by atoms with van der Waals surface area (Å²) in [5.74, 6) is -0.919. The Balaban J connectivity index is 1.71. The standard InChI is InChI=1S/C29H38N2O6/c1-8-35-25(32)24(21-11-12-21)36-26(33)29(6,7)16-15-19-9-10-20-13-14-22(31-23(20)17-19)18(2)30-27(34)37-28(3,4)5/h9-10,13-18,21,24H,8,11-12H2,1-7H3,(H,30,34)/b16-15+/t18-,24?/m1/s1. The molecule has 1 aliphatic rings. The highest BCUT2D eigenvalue weighted by Crippen LogP contribution is 2.36. The van der Waals surface area contributed by atoms with Gasteiger partial charge in [-0.2, -0.15) is 0 Å². The second-order valence-corrected chi connectivity index (χ2v) is 11.0. The van der Waals surface area contributed by atoms with Gasteiger partial charge >= 0.3 is 18.0 Å². The summed E-state index contributed by atoms with van der Waals surface area (Å²) in [5, 5.41) is 3.76. The van der Waals surface area contributed by atoms with Crippen LogP contribution in [0.25, 0.3) is 17.0 Å². The lowest BCUT2D eigenvalue weighted by molar-refractivity contribution is -0.173. The van der Waals surface area contributed by atoms with Crippen LogP contribution in [-0.4, -0.2) is 41.3 Å². The van der Waals surface area contributed by atoms with Crippen LogP contribution in [-0.2, 0) is 23.8 Å². The first-order valence-corrected chi connectivity index (χ1v) is 12.8. The van der Waals surface area contributed by atoms with Crippen LogP contribution in [0, 0.1) is 11.3 Å². The summed E-state index contributed by atoms with van der Waals surface area (Å²) in [6.07, 6.45) is 3.96. The van der Waals surface area contributed by atoms with Crippen LogP contribution in [0.3, 0.4) is 0 Å². The van der Waals surface area contributed by atoms with Crippen LogP contribution in [0.1, 0.15) is 78.6 Å². The van der Waals surface area contributed by atoms with E-state index in [1.807, 2.05) is 64.1 Å². The highest BCUT2D eigenvalue weighted by atomic mass is 16.6. The third kappa shape index (κ3) is 8.03. The fourth-order valence-electron chi connectivity index (χ4n) is 3.65. The molecular formula is C29H38N2O6. The SMILES string of the molecule is CCOC(=O)C(OC(=O)C(C)(C)/C=C/c1ccc2ccc([C@@H](C)NC(=O)OC(C)(C)C)nc2c1)C1CC1.